The van der Waals surface area contributed by atoms with Crippen molar-refractivity contribution >= 4 is 5.78 Å². The molecule has 0 bridgehead atoms. The molecule has 0 aliphatic heterocycles. The number of hydrogen-bond acceptors (Lipinski definition) is 6. The third kappa shape index (κ3) is 5.86. The molecular formula is C32H37N5O3. The van der Waals surface area contributed by atoms with Crippen molar-refractivity contribution in [2.75, 3.05) is 6.61 Å². The molecule has 8 heteroatoms. The standard InChI is InChI=1S/C32H37N5O3/c1-4-7-29-28(18-22-10-12-23(13-11-22)27-9-6-5-8-24(27)19-33)30(38)36(31-34-21-35-37(29)31)25-14-16-26(17-15-25)40-20-32(2,3)39/h5-6,8-13,21,25-26,39H,4,7,14-18,20H2,1-3H3/t25-,26+. The molecule has 0 atom stereocenters. The largest absolute Gasteiger partial charge is 0.388 e. The predicted octanol–water partition coefficient (Wildman–Crippen LogP) is 5.24. The normalized spacial score (nSPS) is 17.7. The number of benzene rings is 2. The molecule has 2 heterocycles. The van der Waals surface area contributed by atoms with Gasteiger partial charge in [-0.3, -0.25) is 9.36 Å². The van der Waals surface area contributed by atoms with Crippen molar-refractivity contribution in [1.29, 1.82) is 5.26 Å². The van der Waals surface area contributed by atoms with E-state index in [0.29, 0.717) is 24.4 Å². The second-order valence-electron chi connectivity index (χ2n) is 11.4. The van der Waals surface area contributed by atoms with E-state index in [2.05, 4.69) is 23.1 Å². The number of hydrogen-bond donors (Lipinski definition) is 1. The van der Waals surface area contributed by atoms with Gasteiger partial charge in [0.1, 0.15) is 6.33 Å². The van der Waals surface area contributed by atoms with Gasteiger partial charge in [-0.15, -0.1) is 0 Å². The van der Waals surface area contributed by atoms with Crippen LogP contribution in [0.25, 0.3) is 16.9 Å². The van der Waals surface area contributed by atoms with E-state index in [-0.39, 0.29) is 17.7 Å². The highest BCUT2D eigenvalue weighted by atomic mass is 16.5. The summed E-state index contributed by atoms with van der Waals surface area (Å²) in [6.45, 7) is 5.90. The van der Waals surface area contributed by atoms with Gasteiger partial charge in [-0.25, -0.2) is 4.52 Å². The lowest BCUT2D eigenvalue weighted by molar-refractivity contribution is -0.0654. The van der Waals surface area contributed by atoms with Crippen LogP contribution in [0.4, 0.5) is 0 Å². The maximum absolute atomic E-state index is 14.2. The van der Waals surface area contributed by atoms with Crippen LogP contribution in [0.5, 0.6) is 0 Å². The first kappa shape index (κ1) is 27.8. The average Bonchev–Trinajstić information content (AvgIpc) is 3.44. The Kier molecular flexibility index (Phi) is 8.15. The summed E-state index contributed by atoms with van der Waals surface area (Å²) in [5.74, 6) is 0.599. The molecule has 0 radical (unpaired) electrons. The van der Waals surface area contributed by atoms with Gasteiger partial charge in [-0.05, 0) is 68.7 Å². The van der Waals surface area contributed by atoms with Gasteiger partial charge in [-0.1, -0.05) is 55.8 Å². The molecule has 1 aliphatic rings. The summed E-state index contributed by atoms with van der Waals surface area (Å²) in [4.78, 5) is 18.7. The molecule has 0 saturated heterocycles. The summed E-state index contributed by atoms with van der Waals surface area (Å²) in [5.41, 5.74) is 4.36. The molecule has 1 fully saturated rings. The predicted molar refractivity (Wildman–Crippen MR) is 154 cm³/mol. The topological polar surface area (TPSA) is 105 Å². The van der Waals surface area contributed by atoms with Crippen molar-refractivity contribution in [2.24, 2.45) is 0 Å². The number of fused-ring (bicyclic) bond motifs is 1. The summed E-state index contributed by atoms with van der Waals surface area (Å²) in [6, 6.07) is 18.0. The van der Waals surface area contributed by atoms with Gasteiger partial charge in [0.15, 0.2) is 0 Å². The van der Waals surface area contributed by atoms with E-state index >= 15 is 0 Å². The maximum atomic E-state index is 14.2. The molecule has 5 rings (SSSR count). The fourth-order valence-corrected chi connectivity index (χ4v) is 5.71. The third-order valence-electron chi connectivity index (χ3n) is 7.69. The molecule has 0 spiro atoms. The molecule has 8 nitrogen and oxygen atoms in total. The number of aromatic nitrogens is 4. The van der Waals surface area contributed by atoms with Gasteiger partial charge in [0.25, 0.3) is 5.56 Å². The van der Waals surface area contributed by atoms with E-state index in [4.69, 9.17) is 4.74 Å². The number of aryl methyl sites for hydroxylation is 1. The van der Waals surface area contributed by atoms with Crippen LogP contribution in [-0.4, -0.2) is 42.6 Å². The minimum atomic E-state index is -0.858. The lowest BCUT2D eigenvalue weighted by Crippen LogP contribution is -2.36. The number of rotatable bonds is 9. The Hall–Kier alpha value is -3.80. The van der Waals surface area contributed by atoms with Gasteiger partial charge >= 0.3 is 0 Å². The Balaban J connectivity index is 1.45. The summed E-state index contributed by atoms with van der Waals surface area (Å²) in [6.07, 6.45) is 6.99. The quantitative estimate of drug-likeness (QED) is 0.312. The maximum Gasteiger partial charge on any atom is 0.259 e. The Labute approximate surface area is 234 Å². The molecule has 4 aromatic rings. The molecule has 2 aromatic carbocycles. The van der Waals surface area contributed by atoms with E-state index < -0.39 is 5.60 Å². The van der Waals surface area contributed by atoms with Crippen molar-refractivity contribution in [3.8, 4) is 17.2 Å². The Morgan fingerprint density at radius 3 is 2.50 bits per heavy atom. The van der Waals surface area contributed by atoms with Crippen LogP contribution in [0, 0.1) is 11.3 Å². The van der Waals surface area contributed by atoms with Gasteiger partial charge in [0, 0.05) is 18.0 Å². The van der Waals surface area contributed by atoms with Crippen LogP contribution in [0.15, 0.2) is 59.7 Å². The molecule has 1 saturated carbocycles. The number of nitriles is 1. The first-order valence-corrected chi connectivity index (χ1v) is 14.2. The number of ether oxygens (including phenoxy) is 1. The van der Waals surface area contributed by atoms with Crippen LogP contribution in [0.3, 0.4) is 0 Å². The fourth-order valence-electron chi connectivity index (χ4n) is 5.71. The number of nitrogens with zero attached hydrogens (tertiary/aromatic N) is 5. The molecule has 0 amide bonds. The molecule has 2 aromatic heterocycles. The van der Waals surface area contributed by atoms with E-state index in [0.717, 1.165) is 66.5 Å². The highest BCUT2D eigenvalue weighted by Crippen LogP contribution is 2.31. The molecule has 40 heavy (non-hydrogen) atoms. The van der Waals surface area contributed by atoms with Gasteiger partial charge in [0.05, 0.1) is 35.6 Å². The molecule has 208 valence electrons. The second-order valence-corrected chi connectivity index (χ2v) is 11.4. The van der Waals surface area contributed by atoms with Crippen molar-refractivity contribution < 1.29 is 9.84 Å². The molecular weight excluding hydrogens is 502 g/mol. The van der Waals surface area contributed by atoms with Crippen LogP contribution in [0.1, 0.15) is 81.3 Å². The van der Waals surface area contributed by atoms with Crippen LogP contribution < -0.4 is 5.56 Å². The average molecular weight is 540 g/mol. The second kappa shape index (κ2) is 11.7. The zero-order chi connectivity index (χ0) is 28.3. The first-order valence-electron chi connectivity index (χ1n) is 14.2. The SMILES string of the molecule is CCCc1c(Cc2ccc(-c3ccccc3C#N)cc2)c(=O)n([C@H]2CC[C@@H](OCC(C)(C)O)CC2)c2ncnn12. The Morgan fingerprint density at radius 1 is 1.10 bits per heavy atom. The number of aliphatic hydroxyl groups is 1. The van der Waals surface area contributed by atoms with Crippen LogP contribution in [-0.2, 0) is 17.6 Å². The summed E-state index contributed by atoms with van der Waals surface area (Å²) < 4.78 is 9.66. The van der Waals surface area contributed by atoms with Crippen LogP contribution in [0.2, 0.25) is 0 Å². The highest BCUT2D eigenvalue weighted by Gasteiger charge is 2.29. The summed E-state index contributed by atoms with van der Waals surface area (Å²) >= 11 is 0. The van der Waals surface area contributed by atoms with E-state index in [1.165, 1.54) is 6.33 Å². The monoisotopic (exact) mass is 539 g/mol. The van der Waals surface area contributed by atoms with E-state index in [9.17, 15) is 15.2 Å². The van der Waals surface area contributed by atoms with E-state index in [1.54, 1.807) is 13.8 Å². The minimum Gasteiger partial charge on any atom is -0.388 e. The Bertz CT molecular complexity index is 1570. The van der Waals surface area contributed by atoms with Crippen molar-refractivity contribution in [3.05, 3.63) is 87.6 Å². The van der Waals surface area contributed by atoms with Gasteiger partial charge in [-0.2, -0.15) is 15.3 Å². The minimum absolute atomic E-state index is 0.00344. The highest BCUT2D eigenvalue weighted by molar-refractivity contribution is 5.70. The van der Waals surface area contributed by atoms with Gasteiger partial charge in [0.2, 0.25) is 5.78 Å². The third-order valence-corrected chi connectivity index (χ3v) is 7.69. The lowest BCUT2D eigenvalue weighted by Gasteiger charge is -2.32. The zero-order valence-corrected chi connectivity index (χ0v) is 23.5. The summed E-state index contributed by atoms with van der Waals surface area (Å²) in [7, 11) is 0. The van der Waals surface area contributed by atoms with Crippen molar-refractivity contribution in [2.45, 2.75) is 83.5 Å². The lowest BCUT2D eigenvalue weighted by atomic mass is 9.92. The molecule has 0 unspecified atom stereocenters. The van der Waals surface area contributed by atoms with E-state index in [1.807, 2.05) is 57.6 Å². The summed E-state index contributed by atoms with van der Waals surface area (Å²) in [5, 5.41) is 24.1. The first-order chi connectivity index (χ1) is 19.3. The Morgan fingerprint density at radius 2 is 1.82 bits per heavy atom. The smallest absolute Gasteiger partial charge is 0.259 e. The van der Waals surface area contributed by atoms with Crippen molar-refractivity contribution in [1.82, 2.24) is 19.2 Å². The molecule has 1 N–H and O–H groups in total. The zero-order valence-electron chi connectivity index (χ0n) is 23.5. The molecule has 1 aliphatic carbocycles. The van der Waals surface area contributed by atoms with Crippen molar-refractivity contribution in [3.63, 3.8) is 0 Å². The van der Waals surface area contributed by atoms with Gasteiger partial charge < -0.3 is 9.84 Å². The van der Waals surface area contributed by atoms with Crippen LogP contribution >= 0.6 is 0 Å². The fraction of sp³-hybridized carbons (Fsp3) is 0.438.